The van der Waals surface area contributed by atoms with Gasteiger partial charge in [-0.25, -0.2) is 19.6 Å². The second-order valence-electron chi connectivity index (χ2n) is 9.54. The Morgan fingerprint density at radius 3 is 1.30 bits per heavy atom. The lowest BCUT2D eigenvalue weighted by Crippen LogP contribution is -2.25. The van der Waals surface area contributed by atoms with E-state index in [-0.39, 0.29) is 34.2 Å². The van der Waals surface area contributed by atoms with Crippen molar-refractivity contribution in [3.8, 4) is 0 Å². The van der Waals surface area contributed by atoms with Crippen LogP contribution >= 0.6 is 0 Å². The molecule has 0 bridgehead atoms. The average molecular weight is 593 g/mol. The summed E-state index contributed by atoms with van der Waals surface area (Å²) in [6.45, 7) is 0. The molecule has 0 radical (unpaired) electrons. The Kier molecular flexibility index (Phi) is 7.21. The highest BCUT2D eigenvalue weighted by molar-refractivity contribution is 5.91. The van der Waals surface area contributed by atoms with Crippen LogP contribution < -0.4 is 0 Å². The van der Waals surface area contributed by atoms with Crippen molar-refractivity contribution < 1.29 is 28.9 Å². The van der Waals surface area contributed by atoms with Gasteiger partial charge in [-0.3, -0.25) is 20.2 Å². The summed E-state index contributed by atoms with van der Waals surface area (Å²) in [5.41, 5.74) is 1.89. The normalized spacial score (nSPS) is 12.5. The highest BCUT2D eigenvalue weighted by Crippen LogP contribution is 2.36. The molecule has 0 amide bonds. The zero-order valence-electron chi connectivity index (χ0n) is 22.4. The Morgan fingerprint density at radius 1 is 0.591 bits per heavy atom. The van der Waals surface area contributed by atoms with E-state index < -0.39 is 34.0 Å². The molecule has 0 fully saturated rings. The number of nitrogens with zero attached hydrogens (tertiary/aromatic N) is 4. The number of aromatic nitrogens is 4. The number of ether oxygens (including phenoxy) is 2. The van der Waals surface area contributed by atoms with Gasteiger partial charge in [0, 0.05) is 24.3 Å². The van der Waals surface area contributed by atoms with Gasteiger partial charge in [0.25, 0.3) is 11.4 Å². The number of rotatable bonds is 9. The van der Waals surface area contributed by atoms with Crippen LogP contribution in [0.3, 0.4) is 0 Å². The zero-order chi connectivity index (χ0) is 30.8. The third-order valence-corrected chi connectivity index (χ3v) is 6.73. The van der Waals surface area contributed by atoms with Gasteiger partial charge in [-0.1, -0.05) is 24.3 Å². The smallest absolute Gasteiger partial charge is 0.339 e. The van der Waals surface area contributed by atoms with Gasteiger partial charge in [-0.05, 0) is 48.5 Å². The molecule has 2 atom stereocenters. The first kappa shape index (κ1) is 27.7. The van der Waals surface area contributed by atoms with Gasteiger partial charge < -0.3 is 19.4 Å². The summed E-state index contributed by atoms with van der Waals surface area (Å²) in [6, 6.07) is 23.8. The predicted octanol–water partition coefficient (Wildman–Crippen LogP) is 5.75. The number of fused-ring (bicyclic) bond motifs is 2. The number of esters is 2. The number of H-pyrrole nitrogens is 2. The van der Waals surface area contributed by atoms with Crippen molar-refractivity contribution in [1.29, 1.82) is 0 Å². The predicted molar refractivity (Wildman–Crippen MR) is 155 cm³/mol. The number of carbonyl (C=O) groups excluding carboxylic acids is 2. The molecule has 14 nitrogen and oxygen atoms in total. The van der Waals surface area contributed by atoms with Gasteiger partial charge in [0.2, 0.25) is 12.2 Å². The number of carbonyl (C=O) groups is 2. The quantitative estimate of drug-likeness (QED) is 0.118. The number of nitro benzene ring substituents is 2. The van der Waals surface area contributed by atoms with E-state index in [1.54, 1.807) is 48.5 Å². The number of non-ortho nitro benzene ring substituents is 2. The molecule has 0 unspecified atom stereocenters. The van der Waals surface area contributed by atoms with Crippen molar-refractivity contribution in [3.63, 3.8) is 0 Å². The van der Waals surface area contributed by atoms with Crippen LogP contribution in [0.25, 0.3) is 22.1 Å². The minimum atomic E-state index is -1.40. The lowest BCUT2D eigenvalue weighted by atomic mass is 10.1. The molecule has 2 N–H and O–H groups in total. The van der Waals surface area contributed by atoms with Crippen LogP contribution in [0, 0.1) is 20.2 Å². The fourth-order valence-corrected chi connectivity index (χ4v) is 4.54. The number of hydrogen-bond acceptors (Lipinski definition) is 10. The van der Waals surface area contributed by atoms with E-state index in [0.717, 1.165) is 24.3 Å². The molecule has 0 aliphatic rings. The number of aromatic amines is 2. The number of para-hydroxylation sites is 4. The van der Waals surface area contributed by atoms with Gasteiger partial charge >= 0.3 is 11.9 Å². The maximum atomic E-state index is 13.4. The Morgan fingerprint density at radius 2 is 0.955 bits per heavy atom. The van der Waals surface area contributed by atoms with E-state index in [1.807, 2.05) is 0 Å². The van der Waals surface area contributed by atoms with Crippen molar-refractivity contribution in [2.75, 3.05) is 0 Å². The summed E-state index contributed by atoms with van der Waals surface area (Å²) in [5, 5.41) is 22.2. The fourth-order valence-electron chi connectivity index (χ4n) is 4.54. The van der Waals surface area contributed by atoms with E-state index >= 15 is 0 Å². The molecule has 2 heterocycles. The minimum absolute atomic E-state index is 0.00163. The molecule has 6 aromatic rings. The molecular weight excluding hydrogens is 572 g/mol. The number of nitrogens with one attached hydrogen (secondary N) is 2. The monoisotopic (exact) mass is 592 g/mol. The third-order valence-electron chi connectivity index (χ3n) is 6.73. The number of benzene rings is 4. The Balaban J connectivity index is 1.44. The lowest BCUT2D eigenvalue weighted by Gasteiger charge is -2.24. The molecule has 0 aliphatic carbocycles. The molecule has 4 aromatic carbocycles. The van der Waals surface area contributed by atoms with Crippen LogP contribution in [-0.4, -0.2) is 41.7 Å². The molecule has 6 rings (SSSR count). The lowest BCUT2D eigenvalue weighted by molar-refractivity contribution is -0.385. The molecule has 0 saturated carbocycles. The Bertz CT molecular complexity index is 1820. The van der Waals surface area contributed by atoms with E-state index in [9.17, 15) is 29.8 Å². The molecule has 14 heteroatoms. The largest absolute Gasteiger partial charge is 0.446 e. The standard InChI is InChI=1S/C30H20N6O8/c37-29(17-9-13-19(14-10-17)35(39)40)43-25(27-31-21-5-1-2-6-22(21)32-27)26(28-33-23-7-3-4-8-24(23)34-28)44-30(38)18-11-15-20(16-12-18)36(41)42/h1-16,25-26H,(H,31,32)(H,33,34)/t25-,26-/m1/s1. The van der Waals surface area contributed by atoms with Crippen LogP contribution in [0.15, 0.2) is 97.1 Å². The Labute approximate surface area is 246 Å². The van der Waals surface area contributed by atoms with Gasteiger partial charge in [-0.2, -0.15) is 0 Å². The van der Waals surface area contributed by atoms with Gasteiger partial charge in [0.05, 0.1) is 43.0 Å². The summed E-state index contributed by atoms with van der Waals surface area (Å²) >= 11 is 0. The fraction of sp³-hybridized carbons (Fsp3) is 0.0667. The molecule has 0 spiro atoms. The first-order chi connectivity index (χ1) is 21.3. The average Bonchev–Trinajstić information content (AvgIpc) is 3.67. The molecule has 0 aliphatic heterocycles. The highest BCUT2D eigenvalue weighted by atomic mass is 16.6. The van der Waals surface area contributed by atoms with Crippen molar-refractivity contribution >= 4 is 45.4 Å². The molecule has 0 saturated heterocycles. The zero-order valence-corrected chi connectivity index (χ0v) is 22.4. The number of imidazole rings is 2. The van der Waals surface area contributed by atoms with Crippen LogP contribution in [0.4, 0.5) is 11.4 Å². The maximum Gasteiger partial charge on any atom is 0.339 e. The highest BCUT2D eigenvalue weighted by Gasteiger charge is 2.37. The van der Waals surface area contributed by atoms with E-state index in [0.29, 0.717) is 22.1 Å². The molecule has 2 aromatic heterocycles. The topological polar surface area (TPSA) is 196 Å². The first-order valence-corrected chi connectivity index (χ1v) is 13.1. The van der Waals surface area contributed by atoms with Crippen LogP contribution in [0.2, 0.25) is 0 Å². The Hall–Kier alpha value is -6.44. The third kappa shape index (κ3) is 5.54. The SMILES string of the molecule is O=C(O[C@@H](c1nc2ccccc2[nH]1)[C@@H](OC(=O)c1ccc([N+](=O)[O-])cc1)c1nc2ccccc2[nH]1)c1ccc([N+](=O)[O-])cc1. The minimum Gasteiger partial charge on any atom is -0.446 e. The summed E-state index contributed by atoms with van der Waals surface area (Å²) in [6.07, 6.45) is -2.79. The van der Waals surface area contributed by atoms with Crippen LogP contribution in [0.1, 0.15) is 44.6 Å². The summed E-state index contributed by atoms with van der Waals surface area (Å²) < 4.78 is 11.8. The van der Waals surface area contributed by atoms with Crippen molar-refractivity contribution in [3.05, 3.63) is 140 Å². The van der Waals surface area contributed by atoms with Gasteiger partial charge in [0.1, 0.15) is 0 Å². The summed E-state index contributed by atoms with van der Waals surface area (Å²) in [5.74, 6) is -1.50. The number of nitro groups is 2. The second kappa shape index (κ2) is 11.4. The molecular formula is C30H20N6O8. The van der Waals surface area contributed by atoms with Crippen molar-refractivity contribution in [1.82, 2.24) is 19.9 Å². The van der Waals surface area contributed by atoms with Crippen molar-refractivity contribution in [2.24, 2.45) is 0 Å². The number of hydrogen-bond donors (Lipinski definition) is 2. The van der Waals surface area contributed by atoms with Gasteiger partial charge in [0.15, 0.2) is 11.6 Å². The molecule has 218 valence electrons. The van der Waals surface area contributed by atoms with E-state index in [2.05, 4.69) is 19.9 Å². The maximum absolute atomic E-state index is 13.4. The van der Waals surface area contributed by atoms with Crippen molar-refractivity contribution in [2.45, 2.75) is 12.2 Å². The summed E-state index contributed by atoms with van der Waals surface area (Å²) in [7, 11) is 0. The summed E-state index contributed by atoms with van der Waals surface area (Å²) in [4.78, 5) is 63.2. The van der Waals surface area contributed by atoms with Crippen LogP contribution in [-0.2, 0) is 9.47 Å². The van der Waals surface area contributed by atoms with E-state index in [4.69, 9.17) is 9.47 Å². The van der Waals surface area contributed by atoms with Gasteiger partial charge in [-0.15, -0.1) is 0 Å². The first-order valence-electron chi connectivity index (χ1n) is 13.1. The molecule has 44 heavy (non-hydrogen) atoms. The van der Waals surface area contributed by atoms with Crippen LogP contribution in [0.5, 0.6) is 0 Å². The second-order valence-corrected chi connectivity index (χ2v) is 9.54. The van der Waals surface area contributed by atoms with E-state index in [1.165, 1.54) is 24.3 Å².